The van der Waals surface area contributed by atoms with Crippen molar-refractivity contribution in [2.45, 2.75) is 20.4 Å². The molecule has 1 aromatic carbocycles. The first-order valence-electron chi connectivity index (χ1n) is 6.08. The van der Waals surface area contributed by atoms with Crippen LogP contribution in [0.4, 0.5) is 5.69 Å². The molecule has 110 valence electrons. The summed E-state index contributed by atoms with van der Waals surface area (Å²) in [5.74, 6) is -1.48. The van der Waals surface area contributed by atoms with Gasteiger partial charge in [-0.25, -0.2) is 9.48 Å². The Hall–Kier alpha value is -2.22. The Kier molecular flexibility index (Phi) is 4.37. The Morgan fingerprint density at radius 3 is 2.67 bits per heavy atom. The average molecular weight is 353 g/mol. The molecule has 0 aliphatic rings. The maximum absolute atomic E-state index is 12.0. The van der Waals surface area contributed by atoms with E-state index in [0.717, 1.165) is 10.0 Å². The fraction of sp³-hybridized carbons (Fsp3) is 0.231. The number of carboxylic acid groups (broad SMARTS) is 1. The second-order valence-corrected chi connectivity index (χ2v) is 5.37. The zero-order valence-electron chi connectivity index (χ0n) is 11.4. The molecule has 0 aliphatic carbocycles. The number of aromatic nitrogens is 3. The second kappa shape index (κ2) is 6.04. The summed E-state index contributed by atoms with van der Waals surface area (Å²) >= 11 is 3.37. The van der Waals surface area contributed by atoms with Crippen molar-refractivity contribution in [3.05, 3.63) is 39.6 Å². The SMILES string of the molecule is Cc1ccc(NC(=O)Cn2nnc(C(=O)O)c2C)c(Br)c1. The van der Waals surface area contributed by atoms with Crippen LogP contribution in [-0.4, -0.2) is 32.0 Å². The minimum atomic E-state index is -1.17. The standard InChI is InChI=1S/C13H13BrN4O3/c1-7-3-4-10(9(14)5-7)15-11(19)6-18-8(2)12(13(20)21)16-17-18/h3-5H,6H2,1-2H3,(H,15,19)(H,20,21). The summed E-state index contributed by atoms with van der Waals surface area (Å²) in [5, 5.41) is 18.8. The van der Waals surface area contributed by atoms with Crippen molar-refractivity contribution < 1.29 is 14.7 Å². The van der Waals surface area contributed by atoms with Crippen LogP contribution in [0.2, 0.25) is 0 Å². The molecule has 0 saturated carbocycles. The lowest BCUT2D eigenvalue weighted by atomic mass is 10.2. The number of amides is 1. The van der Waals surface area contributed by atoms with E-state index < -0.39 is 5.97 Å². The molecular weight excluding hydrogens is 340 g/mol. The highest BCUT2D eigenvalue weighted by Crippen LogP contribution is 2.23. The van der Waals surface area contributed by atoms with E-state index in [4.69, 9.17) is 5.11 Å². The molecule has 0 radical (unpaired) electrons. The third kappa shape index (κ3) is 3.46. The first kappa shape index (κ1) is 15.2. The number of rotatable bonds is 4. The largest absolute Gasteiger partial charge is 0.476 e. The number of benzene rings is 1. The molecule has 2 N–H and O–H groups in total. The van der Waals surface area contributed by atoms with E-state index in [1.807, 2.05) is 19.1 Å². The first-order chi connectivity index (χ1) is 9.88. The smallest absolute Gasteiger partial charge is 0.358 e. The topological polar surface area (TPSA) is 97.1 Å². The Morgan fingerprint density at radius 1 is 1.38 bits per heavy atom. The summed E-state index contributed by atoms with van der Waals surface area (Å²) in [7, 11) is 0. The molecule has 1 amide bonds. The van der Waals surface area contributed by atoms with Crippen molar-refractivity contribution in [3.8, 4) is 0 Å². The molecule has 21 heavy (non-hydrogen) atoms. The first-order valence-corrected chi connectivity index (χ1v) is 6.87. The fourth-order valence-corrected chi connectivity index (χ4v) is 2.35. The van der Waals surface area contributed by atoms with Crippen LogP contribution in [0.3, 0.4) is 0 Å². The summed E-state index contributed by atoms with van der Waals surface area (Å²) in [6.45, 7) is 3.40. The van der Waals surface area contributed by atoms with E-state index in [2.05, 4.69) is 31.6 Å². The monoisotopic (exact) mass is 352 g/mol. The molecule has 2 aromatic rings. The number of carbonyl (C=O) groups excluding carboxylic acids is 1. The van der Waals surface area contributed by atoms with Gasteiger partial charge in [0.25, 0.3) is 0 Å². The van der Waals surface area contributed by atoms with Gasteiger partial charge in [-0.1, -0.05) is 11.3 Å². The number of aromatic carboxylic acids is 1. The van der Waals surface area contributed by atoms with Crippen molar-refractivity contribution >= 4 is 33.5 Å². The van der Waals surface area contributed by atoms with Crippen molar-refractivity contribution in [2.24, 2.45) is 0 Å². The number of nitrogens with zero attached hydrogens (tertiary/aromatic N) is 3. The van der Waals surface area contributed by atoms with Gasteiger partial charge in [-0.05, 0) is 47.5 Å². The van der Waals surface area contributed by atoms with Gasteiger partial charge < -0.3 is 10.4 Å². The van der Waals surface area contributed by atoms with Crippen LogP contribution < -0.4 is 5.32 Å². The zero-order valence-corrected chi connectivity index (χ0v) is 13.0. The predicted molar refractivity (Wildman–Crippen MR) is 79.2 cm³/mol. The molecule has 7 nitrogen and oxygen atoms in total. The number of anilines is 1. The molecule has 0 bridgehead atoms. The van der Waals surface area contributed by atoms with Gasteiger partial charge in [0.2, 0.25) is 5.91 Å². The van der Waals surface area contributed by atoms with E-state index in [9.17, 15) is 9.59 Å². The predicted octanol–water partition coefficient (Wildman–Crippen LogP) is 1.99. The number of carbonyl (C=O) groups is 2. The van der Waals surface area contributed by atoms with Gasteiger partial charge >= 0.3 is 5.97 Å². The highest BCUT2D eigenvalue weighted by Gasteiger charge is 2.17. The van der Waals surface area contributed by atoms with Gasteiger partial charge in [0.05, 0.1) is 11.4 Å². The van der Waals surface area contributed by atoms with E-state index >= 15 is 0 Å². The highest BCUT2D eigenvalue weighted by molar-refractivity contribution is 9.10. The summed E-state index contributed by atoms with van der Waals surface area (Å²) in [6, 6.07) is 5.55. The number of halogens is 1. The van der Waals surface area contributed by atoms with E-state index in [-0.39, 0.29) is 18.1 Å². The molecule has 0 unspecified atom stereocenters. The molecule has 1 heterocycles. The van der Waals surface area contributed by atoms with Crippen LogP contribution in [0.15, 0.2) is 22.7 Å². The van der Waals surface area contributed by atoms with E-state index in [0.29, 0.717) is 11.4 Å². The van der Waals surface area contributed by atoms with Crippen molar-refractivity contribution in [3.63, 3.8) is 0 Å². The normalized spacial score (nSPS) is 10.4. The third-order valence-corrected chi connectivity index (χ3v) is 3.53. The van der Waals surface area contributed by atoms with Gasteiger partial charge in [0.15, 0.2) is 5.69 Å². The van der Waals surface area contributed by atoms with Gasteiger partial charge in [0.1, 0.15) is 6.54 Å². The van der Waals surface area contributed by atoms with Crippen molar-refractivity contribution in [1.82, 2.24) is 15.0 Å². The third-order valence-electron chi connectivity index (χ3n) is 2.88. The van der Waals surface area contributed by atoms with Crippen LogP contribution in [0.25, 0.3) is 0 Å². The van der Waals surface area contributed by atoms with Crippen molar-refractivity contribution in [2.75, 3.05) is 5.32 Å². The zero-order chi connectivity index (χ0) is 15.6. The minimum absolute atomic E-state index is 0.105. The second-order valence-electron chi connectivity index (χ2n) is 4.52. The number of hydrogen-bond acceptors (Lipinski definition) is 4. The maximum atomic E-state index is 12.0. The average Bonchev–Trinajstić information content (AvgIpc) is 2.74. The van der Waals surface area contributed by atoms with E-state index in [1.54, 1.807) is 13.0 Å². The van der Waals surface area contributed by atoms with Gasteiger partial charge in [0, 0.05) is 4.47 Å². The lowest BCUT2D eigenvalue weighted by Crippen LogP contribution is -2.20. The van der Waals surface area contributed by atoms with Gasteiger partial charge in [-0.2, -0.15) is 0 Å². The Morgan fingerprint density at radius 2 is 2.10 bits per heavy atom. The van der Waals surface area contributed by atoms with E-state index in [1.165, 1.54) is 4.68 Å². The van der Waals surface area contributed by atoms with Crippen LogP contribution in [0, 0.1) is 13.8 Å². The van der Waals surface area contributed by atoms with Crippen LogP contribution in [-0.2, 0) is 11.3 Å². The number of nitrogens with one attached hydrogen (secondary N) is 1. The Labute approximate surface area is 129 Å². The maximum Gasteiger partial charge on any atom is 0.358 e. The Bertz CT molecular complexity index is 711. The van der Waals surface area contributed by atoms with Gasteiger partial charge in [-0.15, -0.1) is 5.10 Å². The fourth-order valence-electron chi connectivity index (χ4n) is 1.76. The van der Waals surface area contributed by atoms with Crippen LogP contribution in [0.5, 0.6) is 0 Å². The molecule has 0 fully saturated rings. The lowest BCUT2D eigenvalue weighted by Gasteiger charge is -2.08. The molecule has 0 spiro atoms. The summed E-state index contributed by atoms with van der Waals surface area (Å²) in [5.41, 5.74) is 1.89. The number of aryl methyl sites for hydroxylation is 1. The summed E-state index contributed by atoms with van der Waals surface area (Å²) in [6.07, 6.45) is 0. The highest BCUT2D eigenvalue weighted by atomic mass is 79.9. The molecule has 0 saturated heterocycles. The van der Waals surface area contributed by atoms with Crippen LogP contribution in [0.1, 0.15) is 21.7 Å². The molecule has 2 rings (SSSR count). The molecule has 1 aromatic heterocycles. The molecule has 0 atom stereocenters. The van der Waals surface area contributed by atoms with Crippen LogP contribution >= 0.6 is 15.9 Å². The molecular formula is C13H13BrN4O3. The molecule has 8 heteroatoms. The van der Waals surface area contributed by atoms with Gasteiger partial charge in [-0.3, -0.25) is 4.79 Å². The summed E-state index contributed by atoms with van der Waals surface area (Å²) < 4.78 is 2.03. The summed E-state index contributed by atoms with van der Waals surface area (Å²) in [4.78, 5) is 22.8. The van der Waals surface area contributed by atoms with Crippen molar-refractivity contribution in [1.29, 1.82) is 0 Å². The molecule has 0 aliphatic heterocycles. The Balaban J connectivity index is 2.10. The number of carboxylic acids is 1. The quantitative estimate of drug-likeness (QED) is 0.876. The minimum Gasteiger partial charge on any atom is -0.476 e. The number of hydrogen-bond donors (Lipinski definition) is 2. The lowest BCUT2D eigenvalue weighted by molar-refractivity contribution is -0.117.